The number of fused-ring (bicyclic) bond motifs is 1. The quantitative estimate of drug-likeness (QED) is 0.238. The van der Waals surface area contributed by atoms with Gasteiger partial charge in [0.05, 0.1) is 9.78 Å². The fourth-order valence-electron chi connectivity index (χ4n) is 3.50. The van der Waals surface area contributed by atoms with E-state index in [9.17, 15) is 14.4 Å². The summed E-state index contributed by atoms with van der Waals surface area (Å²) in [7, 11) is 0. The van der Waals surface area contributed by atoms with Gasteiger partial charge in [-0.15, -0.1) is 11.6 Å². The summed E-state index contributed by atoms with van der Waals surface area (Å²) in [5.41, 5.74) is 0.863. The number of furan rings is 1. The molecule has 1 aromatic rings. The predicted molar refractivity (Wildman–Crippen MR) is 124 cm³/mol. The molecule has 2 fully saturated rings. The van der Waals surface area contributed by atoms with E-state index in [0.717, 1.165) is 23.8 Å². The Bertz CT molecular complexity index is 1090. The van der Waals surface area contributed by atoms with Gasteiger partial charge in [-0.2, -0.15) is 0 Å². The Morgan fingerprint density at radius 1 is 1.42 bits per heavy atom. The molecule has 0 bridgehead atoms. The molecule has 31 heavy (non-hydrogen) atoms. The Kier molecular flexibility index (Phi) is 6.18. The Labute approximate surface area is 197 Å². The number of carboxylic acids is 1. The molecule has 1 saturated heterocycles. The molecule has 6 nitrogen and oxygen atoms in total. The summed E-state index contributed by atoms with van der Waals surface area (Å²) in [6.07, 6.45) is 6.23. The number of Topliss-reactive ketones (excluding diaryl/α,β-unsaturated/α-hetero) is 1. The Balaban J connectivity index is 1.39. The number of alkyl halides is 1. The van der Waals surface area contributed by atoms with Gasteiger partial charge < -0.3 is 9.52 Å². The standard InChI is InChI=1S/C21H17Cl2NO5S2/c22-17-7-11(6-12-10-21(12,17)23)15-4-3-14(29-15)9-16-19(28)24(20(30)31-16)5-1-2-13(25)8-18(26)27/h3-4,6-7,9,12H,1-2,5,8,10H2,(H,26,27)/b16-9+. The maximum Gasteiger partial charge on any atom is 0.310 e. The summed E-state index contributed by atoms with van der Waals surface area (Å²) >= 11 is 19.1. The summed E-state index contributed by atoms with van der Waals surface area (Å²) < 4.78 is 6.28. The zero-order valence-electron chi connectivity index (χ0n) is 16.1. The molecule has 0 aromatic carbocycles. The van der Waals surface area contributed by atoms with E-state index in [0.29, 0.717) is 32.2 Å². The van der Waals surface area contributed by atoms with Gasteiger partial charge in [0.2, 0.25) is 0 Å². The Morgan fingerprint density at radius 3 is 2.90 bits per heavy atom. The van der Waals surface area contributed by atoms with Crippen molar-refractivity contribution in [2.24, 2.45) is 5.92 Å². The largest absolute Gasteiger partial charge is 0.481 e. The summed E-state index contributed by atoms with van der Waals surface area (Å²) in [6, 6.07) is 3.58. The van der Waals surface area contributed by atoms with Crippen LogP contribution in [0.15, 0.2) is 38.6 Å². The number of allylic oxidation sites excluding steroid dienone is 4. The average molecular weight is 498 g/mol. The second kappa shape index (κ2) is 8.58. The number of carbonyl (C=O) groups excluding carboxylic acids is 2. The van der Waals surface area contributed by atoms with E-state index < -0.39 is 17.3 Å². The number of hydrogen-bond donors (Lipinski definition) is 1. The zero-order valence-corrected chi connectivity index (χ0v) is 19.2. The van der Waals surface area contributed by atoms with Crippen molar-refractivity contribution in [3.8, 4) is 0 Å². The second-order valence-electron chi connectivity index (χ2n) is 7.54. The van der Waals surface area contributed by atoms with Crippen molar-refractivity contribution in [1.29, 1.82) is 0 Å². The lowest BCUT2D eigenvalue weighted by Gasteiger charge is -2.13. The number of rotatable bonds is 8. The molecule has 1 saturated carbocycles. The van der Waals surface area contributed by atoms with E-state index in [4.69, 9.17) is 44.9 Å². The highest BCUT2D eigenvalue weighted by Crippen LogP contribution is 2.60. The van der Waals surface area contributed by atoms with Crippen LogP contribution in [0.2, 0.25) is 0 Å². The molecular weight excluding hydrogens is 481 g/mol. The van der Waals surface area contributed by atoms with Crippen molar-refractivity contribution in [2.45, 2.75) is 30.6 Å². The first-order chi connectivity index (χ1) is 14.7. The third-order valence-corrected chi connectivity index (χ3v) is 7.81. The molecule has 3 aliphatic rings. The maximum absolute atomic E-state index is 12.7. The second-order valence-corrected chi connectivity index (χ2v) is 10.3. The minimum Gasteiger partial charge on any atom is -0.481 e. The number of halogens is 2. The van der Waals surface area contributed by atoms with Crippen LogP contribution in [0.1, 0.15) is 37.2 Å². The van der Waals surface area contributed by atoms with Gasteiger partial charge in [-0.1, -0.05) is 41.7 Å². The lowest BCUT2D eigenvalue weighted by atomic mass is 10.0. The highest BCUT2D eigenvalue weighted by molar-refractivity contribution is 8.26. The van der Waals surface area contributed by atoms with Gasteiger partial charge in [0.15, 0.2) is 0 Å². The number of nitrogens with zero attached hydrogens (tertiary/aromatic N) is 1. The van der Waals surface area contributed by atoms with Crippen molar-refractivity contribution in [2.75, 3.05) is 6.54 Å². The number of amides is 1. The van der Waals surface area contributed by atoms with Crippen LogP contribution in [0.25, 0.3) is 11.6 Å². The van der Waals surface area contributed by atoms with E-state index in [2.05, 4.69) is 0 Å². The van der Waals surface area contributed by atoms with Crippen LogP contribution in [0.4, 0.5) is 0 Å². The molecule has 10 heteroatoms. The van der Waals surface area contributed by atoms with E-state index >= 15 is 0 Å². The van der Waals surface area contributed by atoms with Gasteiger partial charge in [0.1, 0.15) is 28.0 Å². The van der Waals surface area contributed by atoms with Gasteiger partial charge in [0, 0.05) is 35.6 Å². The minimum atomic E-state index is -1.16. The van der Waals surface area contributed by atoms with Crippen molar-refractivity contribution in [3.63, 3.8) is 0 Å². The zero-order chi connectivity index (χ0) is 22.3. The third kappa shape index (κ3) is 4.67. The number of carbonyl (C=O) groups is 3. The summed E-state index contributed by atoms with van der Waals surface area (Å²) in [5.74, 6) is -0.437. The first-order valence-corrected chi connectivity index (χ1v) is 11.5. The normalized spacial score (nSPS) is 26.1. The molecule has 2 atom stereocenters. The lowest BCUT2D eigenvalue weighted by Crippen LogP contribution is -2.29. The molecule has 1 amide bonds. The molecule has 1 aromatic heterocycles. The third-order valence-electron chi connectivity index (χ3n) is 5.25. The van der Waals surface area contributed by atoms with Crippen molar-refractivity contribution in [3.05, 3.63) is 45.7 Å². The Hall–Kier alpha value is -1.87. The van der Waals surface area contributed by atoms with Gasteiger partial charge in [-0.3, -0.25) is 19.3 Å². The SMILES string of the molecule is O=C(O)CC(=O)CCCN1C(=O)/C(=C\c2ccc(C3=CC4CC4(Cl)C(Cl)=C3)o2)SC1=S. The van der Waals surface area contributed by atoms with Crippen LogP contribution in [-0.2, 0) is 14.4 Å². The fraction of sp³-hybridized carbons (Fsp3) is 0.333. The molecular formula is C21H17Cl2NO5S2. The van der Waals surface area contributed by atoms with E-state index in [1.807, 2.05) is 18.2 Å². The topological polar surface area (TPSA) is 87.8 Å². The van der Waals surface area contributed by atoms with E-state index in [1.165, 1.54) is 4.90 Å². The number of hydrogen-bond acceptors (Lipinski definition) is 6. The number of ketones is 1. The van der Waals surface area contributed by atoms with Crippen LogP contribution < -0.4 is 0 Å². The Morgan fingerprint density at radius 2 is 2.19 bits per heavy atom. The molecule has 0 spiro atoms. The fourth-order valence-corrected chi connectivity index (χ4v) is 5.41. The first kappa shape index (κ1) is 22.3. The summed E-state index contributed by atoms with van der Waals surface area (Å²) in [6.45, 7) is 0.258. The highest BCUT2D eigenvalue weighted by atomic mass is 35.5. The summed E-state index contributed by atoms with van der Waals surface area (Å²) in [4.78, 5) is 36.2. The van der Waals surface area contributed by atoms with E-state index in [-0.39, 0.29) is 30.6 Å². The molecule has 1 aliphatic heterocycles. The van der Waals surface area contributed by atoms with Gasteiger partial charge in [-0.05, 0) is 31.1 Å². The van der Waals surface area contributed by atoms with Crippen molar-refractivity contribution >= 4 is 80.8 Å². The summed E-state index contributed by atoms with van der Waals surface area (Å²) in [5, 5.41) is 9.24. The number of thioether (sulfide) groups is 1. The van der Waals surface area contributed by atoms with Gasteiger partial charge in [0.25, 0.3) is 5.91 Å². The van der Waals surface area contributed by atoms with Crippen LogP contribution in [0.3, 0.4) is 0 Å². The number of thiocarbonyl (C=S) groups is 1. The molecule has 0 radical (unpaired) electrons. The number of carboxylic acid groups (broad SMARTS) is 1. The maximum atomic E-state index is 12.7. The molecule has 1 N–H and O–H groups in total. The van der Waals surface area contributed by atoms with E-state index in [1.54, 1.807) is 12.1 Å². The van der Waals surface area contributed by atoms with Gasteiger partial charge in [-0.25, -0.2) is 0 Å². The van der Waals surface area contributed by atoms with Crippen molar-refractivity contribution in [1.82, 2.24) is 4.90 Å². The predicted octanol–water partition coefficient (Wildman–Crippen LogP) is 4.82. The van der Waals surface area contributed by atoms with Crippen LogP contribution in [0.5, 0.6) is 0 Å². The molecule has 2 aliphatic carbocycles. The van der Waals surface area contributed by atoms with Crippen LogP contribution in [0, 0.1) is 5.92 Å². The minimum absolute atomic E-state index is 0.0831. The number of aliphatic carboxylic acids is 1. The smallest absolute Gasteiger partial charge is 0.310 e. The molecule has 2 unspecified atom stereocenters. The van der Waals surface area contributed by atoms with Crippen LogP contribution in [-0.4, -0.2) is 43.4 Å². The molecule has 162 valence electrons. The lowest BCUT2D eigenvalue weighted by molar-refractivity contribution is -0.140. The molecule has 4 rings (SSSR count). The molecule has 2 heterocycles. The van der Waals surface area contributed by atoms with Crippen molar-refractivity contribution < 1.29 is 23.9 Å². The van der Waals surface area contributed by atoms with Crippen LogP contribution >= 0.6 is 47.2 Å². The van der Waals surface area contributed by atoms with Gasteiger partial charge >= 0.3 is 5.97 Å². The highest BCUT2D eigenvalue weighted by Gasteiger charge is 2.55. The monoisotopic (exact) mass is 497 g/mol. The first-order valence-electron chi connectivity index (χ1n) is 9.55. The average Bonchev–Trinajstić information content (AvgIpc) is 3.03.